The van der Waals surface area contributed by atoms with Gasteiger partial charge in [0.15, 0.2) is 0 Å². The predicted molar refractivity (Wildman–Crippen MR) is 93.7 cm³/mol. The highest BCUT2D eigenvalue weighted by atomic mass is 15.1. The van der Waals surface area contributed by atoms with Crippen molar-refractivity contribution in [1.82, 2.24) is 10.2 Å². The third-order valence-corrected chi connectivity index (χ3v) is 3.78. The number of rotatable bonds is 8. The van der Waals surface area contributed by atoms with Crippen LogP contribution in [0.5, 0.6) is 0 Å². The van der Waals surface area contributed by atoms with E-state index in [1.54, 1.807) is 0 Å². The molecule has 0 amide bonds. The van der Waals surface area contributed by atoms with E-state index in [2.05, 4.69) is 76.0 Å². The van der Waals surface area contributed by atoms with Gasteiger partial charge in [-0.25, -0.2) is 0 Å². The molecule has 1 N–H and O–H groups in total. The van der Waals surface area contributed by atoms with Gasteiger partial charge >= 0.3 is 0 Å². The minimum absolute atomic E-state index is 0.196. The van der Waals surface area contributed by atoms with Crippen LogP contribution in [-0.2, 0) is 13.0 Å². The second-order valence-corrected chi connectivity index (χ2v) is 7.26. The molecule has 1 rings (SSSR count). The van der Waals surface area contributed by atoms with E-state index in [9.17, 15) is 0 Å². The lowest BCUT2D eigenvalue weighted by molar-refractivity contribution is 0.212. The van der Waals surface area contributed by atoms with Crippen molar-refractivity contribution < 1.29 is 0 Å². The largest absolute Gasteiger partial charge is 0.312 e. The Bertz CT molecular complexity index is 404. The summed E-state index contributed by atoms with van der Waals surface area (Å²) in [6.07, 6.45) is 2.32. The molecule has 0 aliphatic rings. The zero-order valence-electron chi connectivity index (χ0n) is 14.9. The first-order valence-corrected chi connectivity index (χ1v) is 8.39. The van der Waals surface area contributed by atoms with Gasteiger partial charge in [0.1, 0.15) is 0 Å². The SMILES string of the molecule is CCCN(Cc1ccccc1CCNC(C)(C)C)C(C)C. The molecule has 0 radical (unpaired) electrons. The van der Waals surface area contributed by atoms with E-state index >= 15 is 0 Å². The van der Waals surface area contributed by atoms with Gasteiger partial charge in [0.05, 0.1) is 0 Å². The Kier molecular flexibility index (Phi) is 7.41. The lowest BCUT2D eigenvalue weighted by Crippen LogP contribution is -2.37. The molecule has 0 spiro atoms. The van der Waals surface area contributed by atoms with Crippen LogP contribution in [0.15, 0.2) is 24.3 Å². The quantitative estimate of drug-likeness (QED) is 0.770. The van der Waals surface area contributed by atoms with Gasteiger partial charge in [0.25, 0.3) is 0 Å². The Morgan fingerprint density at radius 3 is 2.24 bits per heavy atom. The highest BCUT2D eigenvalue weighted by Gasteiger charge is 2.12. The molecular weight excluding hydrogens is 256 g/mol. The molecule has 0 heterocycles. The first-order chi connectivity index (χ1) is 9.83. The van der Waals surface area contributed by atoms with Crippen molar-refractivity contribution in [3.63, 3.8) is 0 Å². The Morgan fingerprint density at radius 1 is 1.10 bits per heavy atom. The van der Waals surface area contributed by atoms with Gasteiger partial charge in [-0.15, -0.1) is 0 Å². The molecule has 0 aliphatic heterocycles. The lowest BCUT2D eigenvalue weighted by Gasteiger charge is -2.27. The zero-order chi connectivity index (χ0) is 15.9. The number of benzene rings is 1. The minimum atomic E-state index is 0.196. The van der Waals surface area contributed by atoms with E-state index in [4.69, 9.17) is 0 Å². The van der Waals surface area contributed by atoms with E-state index in [-0.39, 0.29) is 5.54 Å². The van der Waals surface area contributed by atoms with Crippen LogP contribution in [0.25, 0.3) is 0 Å². The van der Waals surface area contributed by atoms with Gasteiger partial charge in [0, 0.05) is 18.1 Å². The standard InChI is InChI=1S/C19H34N2/c1-7-14-21(16(2)3)15-18-11-9-8-10-17(18)12-13-20-19(4,5)6/h8-11,16,20H,7,12-15H2,1-6H3. The molecule has 1 aromatic rings. The zero-order valence-corrected chi connectivity index (χ0v) is 14.9. The van der Waals surface area contributed by atoms with Gasteiger partial charge in [-0.2, -0.15) is 0 Å². The van der Waals surface area contributed by atoms with Crippen LogP contribution in [-0.4, -0.2) is 29.6 Å². The van der Waals surface area contributed by atoms with Gasteiger partial charge in [-0.1, -0.05) is 31.2 Å². The molecule has 0 fully saturated rings. The minimum Gasteiger partial charge on any atom is -0.312 e. The van der Waals surface area contributed by atoms with Crippen LogP contribution in [0.1, 0.15) is 59.1 Å². The maximum Gasteiger partial charge on any atom is 0.0239 e. The highest BCUT2D eigenvalue weighted by Crippen LogP contribution is 2.15. The molecular formula is C19H34N2. The summed E-state index contributed by atoms with van der Waals surface area (Å²) in [5.41, 5.74) is 3.16. The predicted octanol–water partition coefficient (Wildman–Crippen LogP) is 4.24. The van der Waals surface area contributed by atoms with Crippen molar-refractivity contribution in [2.45, 2.75) is 72.5 Å². The fraction of sp³-hybridized carbons (Fsp3) is 0.684. The summed E-state index contributed by atoms with van der Waals surface area (Å²) >= 11 is 0. The Labute approximate surface area is 131 Å². The van der Waals surface area contributed by atoms with E-state index in [1.807, 2.05) is 0 Å². The summed E-state index contributed by atoms with van der Waals surface area (Å²) in [5.74, 6) is 0. The van der Waals surface area contributed by atoms with Crippen LogP contribution in [0, 0.1) is 0 Å². The first-order valence-electron chi connectivity index (χ1n) is 8.39. The van der Waals surface area contributed by atoms with Crippen LogP contribution in [0.2, 0.25) is 0 Å². The third kappa shape index (κ3) is 7.10. The average molecular weight is 290 g/mol. The van der Waals surface area contributed by atoms with E-state index in [0.717, 1.165) is 19.5 Å². The summed E-state index contributed by atoms with van der Waals surface area (Å²) in [5, 5.41) is 3.59. The summed E-state index contributed by atoms with van der Waals surface area (Å²) in [6, 6.07) is 9.50. The topological polar surface area (TPSA) is 15.3 Å². The van der Waals surface area contributed by atoms with Crippen molar-refractivity contribution in [1.29, 1.82) is 0 Å². The van der Waals surface area contributed by atoms with Crippen molar-refractivity contribution in [3.8, 4) is 0 Å². The van der Waals surface area contributed by atoms with Crippen molar-refractivity contribution >= 4 is 0 Å². The fourth-order valence-electron chi connectivity index (χ4n) is 2.55. The molecule has 0 bridgehead atoms. The Morgan fingerprint density at radius 2 is 1.71 bits per heavy atom. The molecule has 1 aromatic carbocycles. The van der Waals surface area contributed by atoms with Crippen LogP contribution >= 0.6 is 0 Å². The molecule has 120 valence electrons. The van der Waals surface area contributed by atoms with Crippen molar-refractivity contribution in [3.05, 3.63) is 35.4 Å². The Balaban J connectivity index is 2.69. The summed E-state index contributed by atoms with van der Waals surface area (Å²) in [6.45, 7) is 16.8. The molecule has 2 nitrogen and oxygen atoms in total. The molecule has 0 saturated carbocycles. The van der Waals surface area contributed by atoms with Crippen LogP contribution in [0.3, 0.4) is 0 Å². The normalized spacial score (nSPS) is 12.4. The fourth-order valence-corrected chi connectivity index (χ4v) is 2.55. The molecule has 0 aromatic heterocycles. The van der Waals surface area contributed by atoms with Crippen molar-refractivity contribution in [2.24, 2.45) is 0 Å². The maximum absolute atomic E-state index is 3.59. The van der Waals surface area contributed by atoms with E-state index in [1.165, 1.54) is 24.1 Å². The molecule has 0 atom stereocenters. The van der Waals surface area contributed by atoms with E-state index in [0.29, 0.717) is 6.04 Å². The molecule has 2 heteroatoms. The summed E-state index contributed by atoms with van der Waals surface area (Å²) < 4.78 is 0. The van der Waals surface area contributed by atoms with Crippen LogP contribution in [0.4, 0.5) is 0 Å². The molecule has 21 heavy (non-hydrogen) atoms. The number of hydrogen-bond acceptors (Lipinski definition) is 2. The van der Waals surface area contributed by atoms with Gasteiger partial charge in [-0.3, -0.25) is 4.90 Å². The highest BCUT2D eigenvalue weighted by molar-refractivity contribution is 5.27. The van der Waals surface area contributed by atoms with Gasteiger partial charge < -0.3 is 5.32 Å². The number of hydrogen-bond donors (Lipinski definition) is 1. The van der Waals surface area contributed by atoms with Gasteiger partial charge in [0.2, 0.25) is 0 Å². The van der Waals surface area contributed by atoms with Crippen molar-refractivity contribution in [2.75, 3.05) is 13.1 Å². The monoisotopic (exact) mass is 290 g/mol. The third-order valence-electron chi connectivity index (χ3n) is 3.78. The molecule has 0 aliphatic carbocycles. The number of nitrogens with one attached hydrogen (secondary N) is 1. The Hall–Kier alpha value is -0.860. The molecule has 0 unspecified atom stereocenters. The second kappa shape index (κ2) is 8.55. The lowest BCUT2D eigenvalue weighted by atomic mass is 10.0. The second-order valence-electron chi connectivity index (χ2n) is 7.26. The molecule has 0 saturated heterocycles. The number of nitrogens with zero attached hydrogens (tertiary/aromatic N) is 1. The van der Waals surface area contributed by atoms with Gasteiger partial charge in [-0.05, 0) is 71.7 Å². The van der Waals surface area contributed by atoms with Crippen LogP contribution < -0.4 is 5.32 Å². The average Bonchev–Trinajstić information content (AvgIpc) is 2.38. The first kappa shape index (κ1) is 18.2. The summed E-state index contributed by atoms with van der Waals surface area (Å²) in [7, 11) is 0. The maximum atomic E-state index is 3.59. The van der Waals surface area contributed by atoms with E-state index < -0.39 is 0 Å². The summed E-state index contributed by atoms with van der Waals surface area (Å²) in [4.78, 5) is 2.57. The smallest absolute Gasteiger partial charge is 0.0239 e.